The lowest BCUT2D eigenvalue weighted by Gasteiger charge is -2.07. The first kappa shape index (κ1) is 18.0. The molecule has 0 bridgehead atoms. The third kappa shape index (κ3) is 4.82. The van der Waals surface area contributed by atoms with Gasteiger partial charge in [-0.2, -0.15) is 0 Å². The number of rotatable bonds is 7. The summed E-state index contributed by atoms with van der Waals surface area (Å²) in [6.07, 6.45) is 0. The maximum atomic E-state index is 11.2. The lowest BCUT2D eigenvalue weighted by Crippen LogP contribution is -1.97. The van der Waals surface area contributed by atoms with E-state index < -0.39 is 9.85 Å². The molecule has 0 aliphatic rings. The first-order valence-corrected chi connectivity index (χ1v) is 9.85. The molecule has 0 heterocycles. The van der Waals surface area contributed by atoms with Crippen LogP contribution in [-0.2, 0) is 5.75 Å². The Kier molecular flexibility index (Phi) is 6.66. The average molecular weight is 462 g/mol. The highest BCUT2D eigenvalue weighted by atomic mass is 127. The molecule has 0 atom stereocenters. The summed E-state index contributed by atoms with van der Waals surface area (Å²) in [6, 6.07) is 12.2. The first-order chi connectivity index (χ1) is 11.0. The molecule has 23 heavy (non-hydrogen) atoms. The number of benzene rings is 2. The topological polar surface area (TPSA) is 86.3 Å². The SMILES string of the molecule is O=[N+]([O-])c1cc([N+](=O)[O-])c(SCc2ccccc2)cc1SCI. The molecule has 2 aromatic rings. The van der Waals surface area contributed by atoms with Crippen LogP contribution in [0.2, 0.25) is 0 Å². The van der Waals surface area contributed by atoms with Gasteiger partial charge in [-0.1, -0.05) is 52.9 Å². The van der Waals surface area contributed by atoms with E-state index in [-0.39, 0.29) is 11.4 Å². The summed E-state index contributed by atoms with van der Waals surface area (Å²) in [6.45, 7) is 0. The van der Waals surface area contributed by atoms with Crippen LogP contribution in [-0.4, -0.2) is 13.6 Å². The second kappa shape index (κ2) is 8.50. The second-order valence-corrected chi connectivity index (χ2v) is 8.16. The molecular weight excluding hydrogens is 451 g/mol. The summed E-state index contributed by atoms with van der Waals surface area (Å²) in [5, 5.41) is 22.4. The van der Waals surface area contributed by atoms with E-state index >= 15 is 0 Å². The third-order valence-corrected chi connectivity index (χ3v) is 5.68. The number of nitro groups is 2. The summed E-state index contributed by atoms with van der Waals surface area (Å²) < 4.78 is 0.624. The van der Waals surface area contributed by atoms with E-state index in [0.717, 1.165) is 11.6 Å². The molecule has 9 heteroatoms. The Morgan fingerprint density at radius 3 is 2.00 bits per heavy atom. The number of halogens is 1. The fraction of sp³-hybridized carbons (Fsp3) is 0.143. The predicted octanol–water partition coefficient (Wildman–Crippen LogP) is 5.28. The minimum absolute atomic E-state index is 0.220. The minimum atomic E-state index is -0.576. The Bertz CT molecular complexity index is 728. The monoisotopic (exact) mass is 462 g/mol. The summed E-state index contributed by atoms with van der Waals surface area (Å²) in [4.78, 5) is 22.1. The predicted molar refractivity (Wildman–Crippen MR) is 100 cm³/mol. The van der Waals surface area contributed by atoms with Gasteiger partial charge in [0.05, 0.1) is 29.5 Å². The van der Waals surface area contributed by atoms with Crippen molar-refractivity contribution in [3.63, 3.8) is 0 Å². The fourth-order valence-corrected chi connectivity index (χ4v) is 4.53. The van der Waals surface area contributed by atoms with Gasteiger partial charge in [-0.3, -0.25) is 20.2 Å². The van der Waals surface area contributed by atoms with E-state index in [9.17, 15) is 20.2 Å². The molecule has 0 aliphatic carbocycles. The van der Waals surface area contributed by atoms with Gasteiger partial charge < -0.3 is 0 Å². The van der Waals surface area contributed by atoms with Gasteiger partial charge in [0.15, 0.2) is 0 Å². The molecule has 0 spiro atoms. The van der Waals surface area contributed by atoms with Crippen LogP contribution in [0.5, 0.6) is 0 Å². The molecule has 6 nitrogen and oxygen atoms in total. The van der Waals surface area contributed by atoms with Crippen molar-refractivity contribution in [3.05, 3.63) is 68.3 Å². The van der Waals surface area contributed by atoms with Crippen LogP contribution in [0.15, 0.2) is 52.3 Å². The van der Waals surface area contributed by atoms with Crippen LogP contribution in [0.3, 0.4) is 0 Å². The van der Waals surface area contributed by atoms with Gasteiger partial charge in [0.2, 0.25) is 0 Å². The van der Waals surface area contributed by atoms with Crippen LogP contribution < -0.4 is 0 Å². The number of hydrogen-bond acceptors (Lipinski definition) is 6. The molecule has 0 saturated carbocycles. The standard InChI is InChI=1S/C14H11IN2O4S2/c15-9-23-14-7-13(22-8-10-4-2-1-3-5-10)11(16(18)19)6-12(14)17(20)21/h1-7H,8-9H2. The molecule has 120 valence electrons. The normalized spacial score (nSPS) is 10.5. The highest BCUT2D eigenvalue weighted by molar-refractivity contribution is 14.1. The molecule has 0 saturated heterocycles. The molecule has 2 rings (SSSR count). The van der Waals surface area contributed by atoms with Crippen molar-refractivity contribution < 1.29 is 9.85 Å². The minimum Gasteiger partial charge on any atom is -0.258 e. The van der Waals surface area contributed by atoms with E-state index in [2.05, 4.69) is 22.6 Å². The number of hydrogen-bond donors (Lipinski definition) is 0. The van der Waals surface area contributed by atoms with Gasteiger partial charge in [0.25, 0.3) is 11.4 Å². The van der Waals surface area contributed by atoms with Crippen LogP contribution in [0.1, 0.15) is 5.56 Å². The second-order valence-electron chi connectivity index (χ2n) is 4.33. The van der Waals surface area contributed by atoms with E-state index in [4.69, 9.17) is 0 Å². The van der Waals surface area contributed by atoms with Crippen molar-refractivity contribution in [1.82, 2.24) is 0 Å². The third-order valence-electron chi connectivity index (χ3n) is 2.88. The highest BCUT2D eigenvalue weighted by Crippen LogP contribution is 2.40. The Hall–Kier alpha value is -1.33. The van der Waals surface area contributed by atoms with Crippen LogP contribution in [0.4, 0.5) is 11.4 Å². The highest BCUT2D eigenvalue weighted by Gasteiger charge is 2.24. The Morgan fingerprint density at radius 2 is 1.48 bits per heavy atom. The smallest absolute Gasteiger partial charge is 0.258 e. The van der Waals surface area contributed by atoms with Gasteiger partial charge in [-0.25, -0.2) is 0 Å². The average Bonchev–Trinajstić information content (AvgIpc) is 2.53. The van der Waals surface area contributed by atoms with Crippen LogP contribution >= 0.6 is 46.1 Å². The molecule has 0 unspecified atom stereocenters. The van der Waals surface area contributed by atoms with Gasteiger partial charge >= 0.3 is 0 Å². The quantitative estimate of drug-likeness (QED) is 0.183. The summed E-state index contributed by atoms with van der Waals surface area (Å²) in [5.74, 6) is 0.563. The van der Waals surface area contributed by atoms with E-state index in [1.165, 1.54) is 23.5 Å². The number of nitrogens with zero attached hydrogens (tertiary/aromatic N) is 2. The largest absolute Gasteiger partial charge is 0.289 e. The summed E-state index contributed by atoms with van der Waals surface area (Å²) >= 11 is 4.70. The lowest BCUT2D eigenvalue weighted by atomic mass is 10.2. The van der Waals surface area contributed by atoms with Gasteiger partial charge in [-0.05, 0) is 11.6 Å². The molecule has 0 radical (unpaired) electrons. The lowest BCUT2D eigenvalue weighted by molar-refractivity contribution is -0.397. The van der Waals surface area contributed by atoms with Gasteiger partial charge in [0.1, 0.15) is 0 Å². The molecule has 2 aromatic carbocycles. The number of nitro benzene ring substituents is 2. The summed E-state index contributed by atoms with van der Waals surface area (Å²) in [5.41, 5.74) is 0.589. The Morgan fingerprint density at radius 1 is 0.913 bits per heavy atom. The summed E-state index contributed by atoms with van der Waals surface area (Å²) in [7, 11) is 0. The Balaban J connectivity index is 2.37. The zero-order valence-electron chi connectivity index (χ0n) is 11.7. The zero-order chi connectivity index (χ0) is 16.8. The first-order valence-electron chi connectivity index (χ1n) is 6.35. The van der Waals surface area contributed by atoms with Gasteiger partial charge in [-0.15, -0.1) is 23.5 Å². The molecule has 0 fully saturated rings. The zero-order valence-corrected chi connectivity index (χ0v) is 15.5. The van der Waals surface area contributed by atoms with Crippen molar-refractivity contribution in [2.45, 2.75) is 15.5 Å². The van der Waals surface area contributed by atoms with Crippen molar-refractivity contribution in [2.75, 3.05) is 3.76 Å². The van der Waals surface area contributed by atoms with Crippen LogP contribution in [0.25, 0.3) is 0 Å². The van der Waals surface area contributed by atoms with Crippen molar-refractivity contribution in [3.8, 4) is 0 Å². The fourth-order valence-electron chi connectivity index (χ4n) is 1.85. The molecule has 0 N–H and O–H groups in total. The maximum Gasteiger partial charge on any atom is 0.289 e. The van der Waals surface area contributed by atoms with E-state index in [1.54, 1.807) is 6.07 Å². The van der Waals surface area contributed by atoms with Crippen molar-refractivity contribution in [2.24, 2.45) is 0 Å². The van der Waals surface area contributed by atoms with Gasteiger partial charge in [0, 0.05) is 5.75 Å². The maximum absolute atomic E-state index is 11.2. The number of thioether (sulfide) groups is 2. The molecule has 0 aromatic heterocycles. The van der Waals surface area contributed by atoms with Crippen molar-refractivity contribution >= 4 is 57.5 Å². The molecule has 0 amide bonds. The van der Waals surface area contributed by atoms with E-state index in [1.807, 2.05) is 30.3 Å². The number of alkyl halides is 1. The van der Waals surface area contributed by atoms with Crippen molar-refractivity contribution in [1.29, 1.82) is 0 Å². The molecular formula is C14H11IN2O4S2. The Labute approximate surface area is 154 Å². The van der Waals surface area contributed by atoms with E-state index in [0.29, 0.717) is 19.3 Å². The molecule has 0 aliphatic heterocycles. The van der Waals surface area contributed by atoms with Crippen LogP contribution in [0, 0.1) is 20.2 Å².